The van der Waals surface area contributed by atoms with Gasteiger partial charge in [-0.15, -0.1) is 13.2 Å². The van der Waals surface area contributed by atoms with Gasteiger partial charge in [0.1, 0.15) is 10.5 Å². The summed E-state index contributed by atoms with van der Waals surface area (Å²) in [5.74, 6) is -1.82. The van der Waals surface area contributed by atoms with Crippen molar-refractivity contribution in [3.05, 3.63) is 21.9 Å². The Morgan fingerprint density at radius 2 is 1.90 bits per heavy atom. The molecule has 0 saturated carbocycles. The zero-order valence-corrected chi connectivity index (χ0v) is 10.3. The maximum atomic E-state index is 12.8. The molecule has 2 N–H and O–H groups in total. The zero-order valence-electron chi connectivity index (χ0n) is 9.47. The second kappa shape index (κ2) is 5.36. The number of alkyl halides is 5. The highest BCUT2D eigenvalue weighted by atomic mass is 32.2. The Bertz CT molecular complexity index is 674. The largest absolute Gasteiger partial charge is 0.574 e. The molecule has 0 aliphatic heterocycles. The van der Waals surface area contributed by atoms with E-state index in [2.05, 4.69) is 14.9 Å². The number of halogens is 5. The molecule has 0 spiro atoms. The molecule has 0 fully saturated rings. The van der Waals surface area contributed by atoms with Crippen molar-refractivity contribution in [2.24, 2.45) is 5.14 Å². The second-order valence-corrected chi connectivity index (χ2v) is 4.87. The van der Waals surface area contributed by atoms with E-state index in [9.17, 15) is 40.5 Å². The van der Waals surface area contributed by atoms with E-state index in [0.29, 0.717) is 0 Å². The molecule has 1 aromatic rings. The maximum absolute atomic E-state index is 12.8. The molecule has 0 aliphatic rings. The fourth-order valence-corrected chi connectivity index (χ4v) is 1.97. The summed E-state index contributed by atoms with van der Waals surface area (Å²) in [6.45, 7) is 0. The number of pyridine rings is 1. The highest BCUT2D eigenvalue weighted by Gasteiger charge is 2.40. The van der Waals surface area contributed by atoms with Crippen LogP contribution in [0.25, 0.3) is 0 Å². The molecule has 0 bridgehead atoms. The lowest BCUT2D eigenvalue weighted by atomic mass is 10.2. The first kappa shape index (κ1) is 17.0. The third-order valence-corrected chi connectivity index (χ3v) is 2.88. The van der Waals surface area contributed by atoms with E-state index in [-0.39, 0.29) is 6.20 Å². The highest BCUT2D eigenvalue weighted by Crippen LogP contribution is 2.40. The van der Waals surface area contributed by atoms with Crippen LogP contribution >= 0.6 is 0 Å². The Balaban J connectivity index is 3.74. The molecule has 1 rings (SSSR count). The maximum Gasteiger partial charge on any atom is 0.574 e. The Kier molecular flexibility index (Phi) is 4.33. The minimum absolute atomic E-state index is 0.0188. The van der Waals surface area contributed by atoms with Crippen molar-refractivity contribution >= 4 is 15.7 Å². The van der Waals surface area contributed by atoms with Crippen LogP contribution in [0.15, 0.2) is 11.1 Å². The first-order valence-corrected chi connectivity index (χ1v) is 6.13. The monoisotopic (exact) mass is 337 g/mol. The molecular weight excluding hydrogens is 333 g/mol. The second-order valence-electron chi connectivity index (χ2n) is 3.34. The van der Waals surface area contributed by atoms with Gasteiger partial charge in [-0.05, 0) is 0 Å². The molecule has 0 atom stereocenters. The lowest BCUT2D eigenvalue weighted by Crippen LogP contribution is -2.21. The third kappa shape index (κ3) is 3.94. The summed E-state index contributed by atoms with van der Waals surface area (Å²) in [4.78, 5) is 10.2. The van der Waals surface area contributed by atoms with E-state index in [1.807, 2.05) is 0 Å². The number of nitrogens with two attached hydrogens (primary N) is 1. The van der Waals surface area contributed by atoms with Gasteiger partial charge in [-0.25, -0.2) is 27.3 Å². The summed E-state index contributed by atoms with van der Waals surface area (Å²) in [5, 5.41) is 15.2. The molecule has 0 unspecified atom stereocenters. The molecule has 0 amide bonds. The Morgan fingerprint density at radius 3 is 2.24 bits per heavy atom. The molecule has 0 aromatic carbocycles. The van der Waals surface area contributed by atoms with Gasteiger partial charge in [0, 0.05) is 0 Å². The fraction of sp³-hybridized carbons (Fsp3) is 0.286. The van der Waals surface area contributed by atoms with Crippen LogP contribution in [0.5, 0.6) is 5.88 Å². The van der Waals surface area contributed by atoms with Gasteiger partial charge in [-0.1, -0.05) is 0 Å². The molecule has 8 nitrogen and oxygen atoms in total. The molecule has 0 saturated heterocycles. The zero-order chi connectivity index (χ0) is 16.6. The van der Waals surface area contributed by atoms with Crippen molar-refractivity contribution < 1.29 is 40.0 Å². The van der Waals surface area contributed by atoms with Crippen LogP contribution < -0.4 is 9.88 Å². The van der Waals surface area contributed by atoms with Crippen LogP contribution in [-0.2, 0) is 10.0 Å². The van der Waals surface area contributed by atoms with Gasteiger partial charge in [0.15, 0.2) is 0 Å². The van der Waals surface area contributed by atoms with Gasteiger partial charge < -0.3 is 4.74 Å². The van der Waals surface area contributed by atoms with E-state index in [0.717, 1.165) is 0 Å². The predicted octanol–water partition coefficient (Wildman–Crippen LogP) is 1.47. The number of primary sulfonamides is 1. The van der Waals surface area contributed by atoms with Gasteiger partial charge >= 0.3 is 17.9 Å². The van der Waals surface area contributed by atoms with Gasteiger partial charge in [-0.3, -0.25) is 10.1 Å². The number of nitro groups is 1. The fourth-order valence-electron chi connectivity index (χ4n) is 1.28. The molecule has 118 valence electrons. The van der Waals surface area contributed by atoms with Crippen molar-refractivity contribution in [1.29, 1.82) is 0 Å². The van der Waals surface area contributed by atoms with Gasteiger partial charge in [0.25, 0.3) is 6.43 Å². The van der Waals surface area contributed by atoms with E-state index >= 15 is 0 Å². The SMILES string of the molecule is NS(=O)(=O)c1cnc(OC(F)(F)F)c([N+](=O)[O-])c1C(F)F. The molecule has 1 aromatic heterocycles. The third-order valence-electron chi connectivity index (χ3n) is 1.94. The highest BCUT2D eigenvalue weighted by molar-refractivity contribution is 7.89. The van der Waals surface area contributed by atoms with E-state index in [1.165, 1.54) is 0 Å². The van der Waals surface area contributed by atoms with Gasteiger partial charge in [0.05, 0.1) is 11.1 Å². The average molecular weight is 337 g/mol. The van der Waals surface area contributed by atoms with Crippen LogP contribution in [0.3, 0.4) is 0 Å². The van der Waals surface area contributed by atoms with Gasteiger partial charge in [-0.2, -0.15) is 0 Å². The number of aromatic nitrogens is 1. The number of hydrogen-bond acceptors (Lipinski definition) is 6. The number of sulfonamides is 1. The number of rotatable bonds is 4. The Hall–Kier alpha value is -2.09. The quantitative estimate of drug-likeness (QED) is 0.504. The topological polar surface area (TPSA) is 125 Å². The summed E-state index contributed by atoms with van der Waals surface area (Å²) >= 11 is 0. The summed E-state index contributed by atoms with van der Waals surface area (Å²) in [6, 6.07) is 0. The predicted molar refractivity (Wildman–Crippen MR) is 53.9 cm³/mol. The molecule has 14 heteroatoms. The molecule has 0 aliphatic carbocycles. The summed E-state index contributed by atoms with van der Waals surface area (Å²) < 4.78 is 86.9. The summed E-state index contributed by atoms with van der Waals surface area (Å²) in [6.07, 6.45) is -9.25. The van der Waals surface area contributed by atoms with Crippen LogP contribution in [0.4, 0.5) is 27.6 Å². The van der Waals surface area contributed by atoms with Crippen LogP contribution in [0.2, 0.25) is 0 Å². The lowest BCUT2D eigenvalue weighted by Gasteiger charge is -2.12. The normalized spacial score (nSPS) is 12.5. The first-order chi connectivity index (χ1) is 9.34. The Labute approximate surface area is 112 Å². The number of ether oxygens (including phenoxy) is 1. The van der Waals surface area contributed by atoms with E-state index in [4.69, 9.17) is 0 Å². The standard InChI is InChI=1S/C7H4F5N3O5S/c8-5(9)3-2(21(13,18)19)1-14-6(4(3)15(16)17)20-7(10,11)12/h1,5H,(H2,13,18,19). The molecule has 1 heterocycles. The first-order valence-electron chi connectivity index (χ1n) is 4.58. The van der Waals surface area contributed by atoms with E-state index in [1.54, 1.807) is 0 Å². The minimum atomic E-state index is -5.46. The van der Waals surface area contributed by atoms with Crippen molar-refractivity contribution in [1.82, 2.24) is 4.98 Å². The van der Waals surface area contributed by atoms with E-state index < -0.39 is 49.8 Å². The number of hydrogen-bond donors (Lipinski definition) is 1. The van der Waals surface area contributed by atoms with Crippen molar-refractivity contribution in [2.45, 2.75) is 17.7 Å². The van der Waals surface area contributed by atoms with Crippen molar-refractivity contribution in [3.63, 3.8) is 0 Å². The molecular formula is C7H4F5N3O5S. The molecule has 0 radical (unpaired) electrons. The summed E-state index contributed by atoms with van der Waals surface area (Å²) in [7, 11) is -4.88. The molecule has 21 heavy (non-hydrogen) atoms. The van der Waals surface area contributed by atoms with Crippen LogP contribution in [-0.4, -0.2) is 24.7 Å². The minimum Gasteiger partial charge on any atom is -0.381 e. The average Bonchev–Trinajstić information content (AvgIpc) is 2.23. The lowest BCUT2D eigenvalue weighted by molar-refractivity contribution is -0.390. The van der Waals surface area contributed by atoms with Gasteiger partial charge in [0.2, 0.25) is 10.0 Å². The smallest absolute Gasteiger partial charge is 0.381 e. The summed E-state index contributed by atoms with van der Waals surface area (Å²) in [5.41, 5.74) is -3.77. The van der Waals surface area contributed by atoms with Crippen molar-refractivity contribution in [3.8, 4) is 5.88 Å². The van der Waals surface area contributed by atoms with Crippen molar-refractivity contribution in [2.75, 3.05) is 0 Å². The Morgan fingerprint density at radius 1 is 1.38 bits per heavy atom. The van der Waals surface area contributed by atoms with Crippen LogP contribution in [0.1, 0.15) is 12.0 Å². The van der Waals surface area contributed by atoms with Crippen LogP contribution in [0, 0.1) is 10.1 Å². The number of nitrogens with zero attached hydrogens (tertiary/aromatic N) is 2.